The molecule has 0 saturated heterocycles. The van der Waals surface area contributed by atoms with E-state index < -0.39 is 0 Å². The maximum atomic E-state index is 13.7. The molecular formula is C48H42N16O4. The molecule has 0 unspecified atom stereocenters. The molecular weight excluding hydrogens is 865 g/mol. The predicted molar refractivity (Wildman–Crippen MR) is 262 cm³/mol. The Morgan fingerprint density at radius 3 is 0.897 bits per heavy atom. The fourth-order valence-corrected chi connectivity index (χ4v) is 10.6. The SMILES string of the molecule is CCn1c(=O)[nH]c2cc3c(cc21)-c1nc-3nc2[nH]c(nc3nc(nc4[nH]c(n1)c1cc5c(cc41)n(CC)c(=O)n5CC)-c1cc4[nH]c(=O)n(CC)c4cc1-3)c1cc3c(cc21)n(CC)c(=O)n3CC. The molecule has 0 fully saturated rings. The molecule has 0 aliphatic carbocycles. The van der Waals surface area contributed by atoms with E-state index in [4.69, 9.17) is 29.9 Å². The van der Waals surface area contributed by atoms with E-state index in [1.165, 1.54) is 0 Å². The summed E-state index contributed by atoms with van der Waals surface area (Å²) in [4.78, 5) is 98.3. The number of hydrogen-bond acceptors (Lipinski definition) is 10. The number of nitrogens with zero attached hydrogens (tertiary/aromatic N) is 12. The number of nitrogens with one attached hydrogen (secondary N) is 4. The van der Waals surface area contributed by atoms with Crippen molar-refractivity contribution in [2.45, 2.75) is 80.8 Å². The molecule has 0 saturated carbocycles. The summed E-state index contributed by atoms with van der Waals surface area (Å²) < 4.78 is 10.3. The number of H-pyrrole nitrogens is 4. The topological polar surface area (TPSA) is 238 Å². The number of aromatic amines is 4. The Bertz CT molecular complexity index is 4230. The molecule has 9 heterocycles. The van der Waals surface area contributed by atoms with Gasteiger partial charge in [-0.1, -0.05) is 0 Å². The monoisotopic (exact) mass is 906 g/mol. The smallest absolute Gasteiger partial charge is 0.324 e. The van der Waals surface area contributed by atoms with Gasteiger partial charge in [-0.15, -0.1) is 0 Å². The quantitative estimate of drug-likeness (QED) is 0.141. The third-order valence-corrected chi connectivity index (χ3v) is 13.8. The minimum absolute atomic E-state index is 0.117. The summed E-state index contributed by atoms with van der Waals surface area (Å²) >= 11 is 0. The van der Waals surface area contributed by atoms with E-state index in [1.807, 2.05) is 90.1 Å². The molecule has 4 N–H and O–H groups in total. The molecule has 338 valence electrons. The average molecular weight is 907 g/mol. The minimum atomic E-state index is -0.237. The molecule has 2 aliphatic rings. The van der Waals surface area contributed by atoms with E-state index in [-0.39, 0.29) is 22.8 Å². The fraction of sp³-hybridized carbons (Fsp3) is 0.250. The molecule has 68 heavy (non-hydrogen) atoms. The molecule has 8 bridgehead atoms. The summed E-state index contributed by atoms with van der Waals surface area (Å²) in [6.45, 7) is 14.3. The number of benzene rings is 4. The zero-order valence-electron chi connectivity index (χ0n) is 37.9. The standard InChI is InChI=1S/C48H42N16O4/c1-7-59-31-15-23-21(13-29(31)49-45(59)65)37-51-39(23)55-43-27-19-35-33(61(9-3)47(67)63(35)11-5)17-25(27)42(57-43)54-38-22-14-30-32(60(8-2)46(66)50-30)16-24(22)40(52-38)56-44-28-20-36-34(18-26(28)41(53-37)58-44)62(10-4)48(68)64(36)12-6/h13-20H,7-12H2,1-6H3,(H,49,65)(H,50,66)(H2,51,52,53,54,55,56,57,58). The van der Waals surface area contributed by atoms with Crippen molar-refractivity contribution in [2.24, 2.45) is 0 Å². The van der Waals surface area contributed by atoms with Gasteiger partial charge in [-0.2, -0.15) is 0 Å². The van der Waals surface area contributed by atoms with Gasteiger partial charge in [0.15, 0.2) is 23.3 Å². The van der Waals surface area contributed by atoms with E-state index in [9.17, 15) is 19.2 Å². The van der Waals surface area contributed by atoms with Crippen molar-refractivity contribution in [3.8, 4) is 45.6 Å². The number of aryl methyl sites for hydroxylation is 6. The molecule has 0 amide bonds. The van der Waals surface area contributed by atoms with Crippen LogP contribution >= 0.6 is 0 Å². The van der Waals surface area contributed by atoms with E-state index in [0.717, 1.165) is 22.1 Å². The summed E-state index contributed by atoms with van der Waals surface area (Å²) in [5, 5.41) is 2.76. The molecule has 0 radical (unpaired) electrons. The first-order valence-corrected chi connectivity index (χ1v) is 22.9. The van der Waals surface area contributed by atoms with Crippen LogP contribution in [0.25, 0.3) is 134 Å². The molecule has 2 aliphatic heterocycles. The summed E-state index contributed by atoms with van der Waals surface area (Å²) in [6, 6.07) is 15.5. The lowest BCUT2D eigenvalue weighted by molar-refractivity contribution is 0.671. The lowest BCUT2D eigenvalue weighted by Gasteiger charge is -2.02. The van der Waals surface area contributed by atoms with Gasteiger partial charge in [0.05, 0.1) is 44.1 Å². The summed E-state index contributed by atoms with van der Waals surface area (Å²) in [6.07, 6.45) is 0. The van der Waals surface area contributed by atoms with Crippen molar-refractivity contribution < 1.29 is 0 Å². The van der Waals surface area contributed by atoms with Gasteiger partial charge in [0.25, 0.3) is 0 Å². The predicted octanol–water partition coefficient (Wildman–Crippen LogP) is 6.51. The van der Waals surface area contributed by atoms with Crippen LogP contribution in [0.3, 0.4) is 0 Å². The van der Waals surface area contributed by atoms with Gasteiger partial charge in [0, 0.05) is 83.1 Å². The third-order valence-electron chi connectivity index (χ3n) is 13.8. The van der Waals surface area contributed by atoms with E-state index in [1.54, 1.807) is 27.4 Å². The van der Waals surface area contributed by atoms with Crippen molar-refractivity contribution in [2.75, 3.05) is 0 Å². The average Bonchev–Trinajstić information content (AvgIpc) is 4.21. The Morgan fingerprint density at radius 2 is 0.618 bits per heavy atom. The van der Waals surface area contributed by atoms with Gasteiger partial charge in [0.2, 0.25) is 0 Å². The van der Waals surface area contributed by atoms with Gasteiger partial charge >= 0.3 is 22.8 Å². The first-order chi connectivity index (χ1) is 33.0. The zero-order chi connectivity index (χ0) is 46.6. The minimum Gasteiger partial charge on any atom is -0.324 e. The normalized spacial score (nSPS) is 12.6. The van der Waals surface area contributed by atoms with Gasteiger partial charge in [-0.05, 0) is 90.1 Å². The molecule has 13 rings (SSSR count). The van der Waals surface area contributed by atoms with Crippen LogP contribution in [-0.4, -0.2) is 77.2 Å². The second kappa shape index (κ2) is 13.9. The van der Waals surface area contributed by atoms with E-state index in [0.29, 0.717) is 151 Å². The maximum absolute atomic E-state index is 13.7. The van der Waals surface area contributed by atoms with E-state index in [2.05, 4.69) is 19.9 Å². The van der Waals surface area contributed by atoms with Gasteiger partial charge in [-0.25, -0.2) is 49.1 Å². The Labute approximate surface area is 381 Å². The van der Waals surface area contributed by atoms with Crippen LogP contribution in [-0.2, 0) is 39.3 Å². The molecule has 0 atom stereocenters. The van der Waals surface area contributed by atoms with Crippen LogP contribution in [0, 0.1) is 0 Å². The first kappa shape index (κ1) is 39.7. The molecule has 7 aromatic heterocycles. The second-order valence-corrected chi connectivity index (χ2v) is 17.1. The van der Waals surface area contributed by atoms with Crippen molar-refractivity contribution in [1.29, 1.82) is 0 Å². The Balaban J connectivity index is 1.25. The van der Waals surface area contributed by atoms with E-state index >= 15 is 0 Å². The van der Waals surface area contributed by atoms with Gasteiger partial charge < -0.3 is 19.9 Å². The largest absolute Gasteiger partial charge is 0.329 e. The number of aromatic nitrogens is 16. The number of hydrogen-bond donors (Lipinski definition) is 4. The van der Waals surface area contributed by atoms with Crippen molar-refractivity contribution in [3.63, 3.8) is 0 Å². The molecule has 20 heteroatoms. The van der Waals surface area contributed by atoms with Gasteiger partial charge in [0.1, 0.15) is 22.6 Å². The maximum Gasteiger partial charge on any atom is 0.329 e. The molecule has 4 aromatic carbocycles. The zero-order valence-corrected chi connectivity index (χ0v) is 37.9. The van der Waals surface area contributed by atoms with Crippen molar-refractivity contribution in [3.05, 3.63) is 90.5 Å². The summed E-state index contributed by atoms with van der Waals surface area (Å²) in [5.74, 6) is 1.35. The fourth-order valence-electron chi connectivity index (χ4n) is 10.6. The van der Waals surface area contributed by atoms with Crippen LogP contribution in [0.5, 0.6) is 0 Å². The first-order valence-electron chi connectivity index (χ1n) is 22.9. The third kappa shape index (κ3) is 5.18. The van der Waals surface area contributed by atoms with Crippen LogP contribution in [0.15, 0.2) is 67.7 Å². The highest BCUT2D eigenvalue weighted by molar-refractivity contribution is 6.12. The Hall–Kier alpha value is -8.68. The lowest BCUT2D eigenvalue weighted by atomic mass is 10.1. The highest BCUT2D eigenvalue weighted by Crippen LogP contribution is 2.40. The van der Waals surface area contributed by atoms with Crippen LogP contribution in [0.1, 0.15) is 41.5 Å². The van der Waals surface area contributed by atoms with Crippen molar-refractivity contribution in [1.82, 2.24) is 77.2 Å². The van der Waals surface area contributed by atoms with Crippen molar-refractivity contribution >= 4 is 88.3 Å². The highest BCUT2D eigenvalue weighted by atomic mass is 16.2. The molecule has 20 nitrogen and oxygen atoms in total. The highest BCUT2D eigenvalue weighted by Gasteiger charge is 2.27. The number of rotatable bonds is 6. The summed E-state index contributed by atoms with van der Waals surface area (Å²) in [7, 11) is 0. The number of imidazole rings is 4. The Kier molecular flexibility index (Phi) is 8.12. The van der Waals surface area contributed by atoms with Crippen LogP contribution < -0.4 is 22.8 Å². The second-order valence-electron chi connectivity index (χ2n) is 17.1. The van der Waals surface area contributed by atoms with Crippen LogP contribution in [0.4, 0.5) is 0 Å². The summed E-state index contributed by atoms with van der Waals surface area (Å²) in [5.41, 5.74) is 9.19. The Morgan fingerprint density at radius 1 is 0.338 bits per heavy atom. The molecule has 11 aromatic rings. The van der Waals surface area contributed by atoms with Crippen LogP contribution in [0.2, 0.25) is 0 Å². The number of fused-ring (bicyclic) bond motifs is 24. The lowest BCUT2D eigenvalue weighted by Crippen LogP contribution is -2.23. The van der Waals surface area contributed by atoms with Gasteiger partial charge in [-0.3, -0.25) is 27.4 Å². The molecule has 0 spiro atoms.